The first-order chi connectivity index (χ1) is 30.1. The van der Waals surface area contributed by atoms with E-state index in [0.29, 0.717) is 11.3 Å². The van der Waals surface area contributed by atoms with Gasteiger partial charge in [0.1, 0.15) is 11.2 Å². The van der Waals surface area contributed by atoms with Crippen LogP contribution in [-0.2, 0) is 0 Å². The van der Waals surface area contributed by atoms with Crippen molar-refractivity contribution in [1.82, 2.24) is 0 Å². The maximum atomic E-state index is 9.74. The zero-order chi connectivity index (χ0) is 40.6. The number of rotatable bonds is 6. The fraction of sp³-hybridized carbons (Fsp3) is 0. The van der Waals surface area contributed by atoms with Gasteiger partial charge in [-0.05, 0) is 90.3 Å². The molecule has 6 nitrogen and oxygen atoms in total. The highest BCUT2D eigenvalue weighted by molar-refractivity contribution is 7.26. The van der Waals surface area contributed by atoms with Gasteiger partial charge in [-0.3, -0.25) is 0 Å². The van der Waals surface area contributed by atoms with Crippen molar-refractivity contribution in [2.24, 2.45) is 0 Å². The second-order valence-electron chi connectivity index (χ2n) is 15.1. The van der Waals surface area contributed by atoms with Gasteiger partial charge in [-0.25, -0.2) is 4.85 Å². The second-order valence-corrected chi connectivity index (χ2v) is 16.1. The van der Waals surface area contributed by atoms with E-state index in [9.17, 15) is 5.26 Å². The Morgan fingerprint density at radius 1 is 0.459 bits per heavy atom. The standard InChI is InChI=1S/C54H30N4O2S/c1-56-34-22-26-35(27-23-34)57(45-16-8-14-42-39-11-4-6-18-48(39)59-53(42)45)37-28-29-50-44(30-37)52-41-13-3-2-10-38(41)47(31-51(52)61-50)58(36-24-20-33(32-55)21-25-36)46-17-9-15-43-40-12-5-7-19-49(40)60-54(43)46/h2-31H. The molecule has 0 atom stereocenters. The first-order valence-electron chi connectivity index (χ1n) is 19.9. The smallest absolute Gasteiger partial charge is 0.187 e. The molecule has 0 aliphatic rings. The topological polar surface area (TPSA) is 60.9 Å². The van der Waals surface area contributed by atoms with E-state index in [0.717, 1.165) is 104 Å². The maximum absolute atomic E-state index is 9.74. The molecule has 0 saturated heterocycles. The Bertz CT molecular complexity index is 3810. The molecule has 0 fully saturated rings. The van der Waals surface area contributed by atoms with Gasteiger partial charge in [0, 0.05) is 64.2 Å². The Labute approximate surface area is 353 Å². The molecule has 3 aromatic heterocycles. The minimum absolute atomic E-state index is 0.582. The zero-order valence-corrected chi connectivity index (χ0v) is 33.2. The van der Waals surface area contributed by atoms with Gasteiger partial charge < -0.3 is 18.6 Å². The summed E-state index contributed by atoms with van der Waals surface area (Å²) >= 11 is 1.77. The lowest BCUT2D eigenvalue weighted by molar-refractivity contribution is 0.668. The van der Waals surface area contributed by atoms with Crippen molar-refractivity contribution in [2.45, 2.75) is 0 Å². The third-order valence-corrected chi connectivity index (χ3v) is 12.8. The summed E-state index contributed by atoms with van der Waals surface area (Å²) in [7, 11) is 0. The Morgan fingerprint density at radius 2 is 1.00 bits per heavy atom. The molecule has 0 unspecified atom stereocenters. The molecule has 0 radical (unpaired) electrons. The summed E-state index contributed by atoms with van der Waals surface area (Å²) in [6, 6.07) is 64.3. The third-order valence-electron chi connectivity index (χ3n) is 11.7. The lowest BCUT2D eigenvalue weighted by Gasteiger charge is -2.27. The van der Waals surface area contributed by atoms with Crippen molar-refractivity contribution in [3.8, 4) is 6.07 Å². The molecule has 3 heterocycles. The number of thiophene rings is 1. The van der Waals surface area contributed by atoms with Crippen molar-refractivity contribution >= 4 is 126 Å². The van der Waals surface area contributed by atoms with Gasteiger partial charge in [-0.1, -0.05) is 97.1 Å². The SMILES string of the molecule is [C-]#[N+]c1ccc(N(c2ccc3sc4cc(N(c5ccc(C#N)cc5)c5cccc6c5oc5ccccc56)c5ccccc5c4c3c2)c2cccc3c2oc2ccccc23)cc1. The van der Waals surface area contributed by atoms with Gasteiger partial charge in [0.25, 0.3) is 0 Å². The van der Waals surface area contributed by atoms with Gasteiger partial charge in [0.15, 0.2) is 16.9 Å². The van der Waals surface area contributed by atoms with Crippen molar-refractivity contribution in [3.63, 3.8) is 0 Å². The maximum Gasteiger partial charge on any atom is 0.187 e. The fourth-order valence-corrected chi connectivity index (χ4v) is 10.1. The Kier molecular flexibility index (Phi) is 7.73. The molecule has 0 saturated carbocycles. The van der Waals surface area contributed by atoms with Crippen LogP contribution in [0.25, 0.3) is 79.7 Å². The molecule has 0 N–H and O–H groups in total. The van der Waals surface area contributed by atoms with Crippen LogP contribution in [-0.4, -0.2) is 0 Å². The summed E-state index contributed by atoms with van der Waals surface area (Å²) < 4.78 is 15.6. The lowest BCUT2D eigenvalue weighted by Crippen LogP contribution is -2.11. The van der Waals surface area contributed by atoms with Crippen molar-refractivity contribution < 1.29 is 8.83 Å². The van der Waals surface area contributed by atoms with Crippen LogP contribution < -0.4 is 9.80 Å². The van der Waals surface area contributed by atoms with Crippen molar-refractivity contribution in [3.05, 3.63) is 199 Å². The first kappa shape index (κ1) is 34.7. The number of furan rings is 2. The van der Waals surface area contributed by atoms with Gasteiger partial charge >= 0.3 is 0 Å². The molecular formula is C54H30N4O2S. The van der Waals surface area contributed by atoms with Crippen molar-refractivity contribution in [1.29, 1.82) is 5.26 Å². The second kappa shape index (κ2) is 13.6. The summed E-state index contributed by atoms with van der Waals surface area (Å²) in [5, 5.41) is 18.5. The van der Waals surface area contributed by atoms with E-state index in [4.69, 9.17) is 15.4 Å². The van der Waals surface area contributed by atoms with E-state index in [1.807, 2.05) is 84.9 Å². The quantitative estimate of drug-likeness (QED) is 0.157. The van der Waals surface area contributed by atoms with Gasteiger partial charge in [-0.15, -0.1) is 11.3 Å². The van der Waals surface area contributed by atoms with Crippen LogP contribution in [0.1, 0.15) is 5.56 Å². The van der Waals surface area contributed by atoms with E-state index < -0.39 is 0 Å². The highest BCUT2D eigenvalue weighted by atomic mass is 32.1. The normalized spacial score (nSPS) is 11.6. The third kappa shape index (κ3) is 5.39. The molecule has 0 amide bonds. The monoisotopic (exact) mass is 798 g/mol. The first-order valence-corrected chi connectivity index (χ1v) is 20.7. The molecule has 284 valence electrons. The van der Waals surface area contributed by atoms with E-state index in [2.05, 4.69) is 118 Å². The fourth-order valence-electron chi connectivity index (χ4n) is 8.95. The molecule has 61 heavy (non-hydrogen) atoms. The molecular weight excluding hydrogens is 769 g/mol. The molecule has 0 bridgehead atoms. The number of hydrogen-bond donors (Lipinski definition) is 0. The van der Waals surface area contributed by atoms with Gasteiger partial charge in [0.2, 0.25) is 0 Å². The predicted molar refractivity (Wildman–Crippen MR) is 252 cm³/mol. The molecule has 12 rings (SSSR count). The molecule has 0 spiro atoms. The van der Waals surface area contributed by atoms with Crippen LogP contribution in [0.2, 0.25) is 0 Å². The van der Waals surface area contributed by atoms with Gasteiger partial charge in [0.05, 0.1) is 35.3 Å². The van der Waals surface area contributed by atoms with Crippen LogP contribution in [0, 0.1) is 17.9 Å². The predicted octanol–water partition coefficient (Wildman–Crippen LogP) is 16.4. The minimum Gasteiger partial charge on any atom is -0.454 e. The van der Waals surface area contributed by atoms with E-state index in [1.54, 1.807) is 11.3 Å². The number of para-hydroxylation sites is 4. The largest absolute Gasteiger partial charge is 0.454 e. The molecule has 12 aromatic rings. The van der Waals surface area contributed by atoms with Crippen LogP contribution in [0.5, 0.6) is 0 Å². The summed E-state index contributed by atoms with van der Waals surface area (Å²) in [4.78, 5) is 8.18. The lowest BCUT2D eigenvalue weighted by atomic mass is 10.00. The molecule has 7 heteroatoms. The number of benzene rings is 9. The van der Waals surface area contributed by atoms with E-state index in [1.165, 1.54) is 5.39 Å². The molecule has 9 aromatic carbocycles. The average molecular weight is 799 g/mol. The highest BCUT2D eigenvalue weighted by Gasteiger charge is 2.25. The number of nitriles is 1. The molecule has 0 aliphatic carbocycles. The number of fused-ring (bicyclic) bond motifs is 11. The minimum atomic E-state index is 0.582. The summed E-state index contributed by atoms with van der Waals surface area (Å²) in [6.07, 6.45) is 0. The van der Waals surface area contributed by atoms with Crippen LogP contribution >= 0.6 is 11.3 Å². The number of anilines is 6. The Balaban J connectivity index is 1.10. The zero-order valence-electron chi connectivity index (χ0n) is 32.3. The van der Waals surface area contributed by atoms with E-state index in [-0.39, 0.29) is 0 Å². The number of hydrogen-bond acceptors (Lipinski definition) is 6. The Hall–Kier alpha value is -8.36. The highest BCUT2D eigenvalue weighted by Crippen LogP contribution is 2.50. The molecule has 0 aliphatic heterocycles. The van der Waals surface area contributed by atoms with Crippen molar-refractivity contribution in [2.75, 3.05) is 9.80 Å². The summed E-state index contributed by atoms with van der Waals surface area (Å²) in [5.74, 6) is 0. The number of nitrogens with zero attached hydrogens (tertiary/aromatic N) is 4. The van der Waals surface area contributed by atoms with Crippen LogP contribution in [0.3, 0.4) is 0 Å². The average Bonchev–Trinajstić information content (AvgIpc) is 4.02. The van der Waals surface area contributed by atoms with Crippen LogP contribution in [0.15, 0.2) is 191 Å². The van der Waals surface area contributed by atoms with Crippen LogP contribution in [0.4, 0.5) is 39.8 Å². The van der Waals surface area contributed by atoms with Gasteiger partial charge in [-0.2, -0.15) is 5.26 Å². The van der Waals surface area contributed by atoms with E-state index >= 15 is 0 Å². The summed E-state index contributed by atoms with van der Waals surface area (Å²) in [5.41, 5.74) is 10.1. The Morgan fingerprint density at radius 3 is 1.64 bits per heavy atom. The summed E-state index contributed by atoms with van der Waals surface area (Å²) in [6.45, 7) is 7.63.